The number of hydrogen-bond acceptors (Lipinski definition) is 9. The average molecular weight is 554 g/mol. The highest BCUT2D eigenvalue weighted by Gasteiger charge is 2.30. The first-order chi connectivity index (χ1) is 18.9. The number of aryl methyl sites for hydroxylation is 1. The topological polar surface area (TPSA) is 149 Å². The Hall–Kier alpha value is -4.22. The van der Waals surface area contributed by atoms with Crippen molar-refractivity contribution in [2.24, 2.45) is 4.99 Å². The van der Waals surface area contributed by atoms with Crippen molar-refractivity contribution in [1.82, 2.24) is 20.1 Å². The second-order valence-electron chi connectivity index (χ2n) is 10.9. The van der Waals surface area contributed by atoms with Crippen molar-refractivity contribution >= 4 is 36.5 Å². The van der Waals surface area contributed by atoms with Crippen LogP contribution in [-0.2, 0) is 20.9 Å². The summed E-state index contributed by atoms with van der Waals surface area (Å²) in [5.74, 6) is -0.0781. The molecule has 1 saturated heterocycles. The van der Waals surface area contributed by atoms with Crippen LogP contribution in [0.5, 0.6) is 5.88 Å². The Kier molecular flexibility index (Phi) is 10.0. The van der Waals surface area contributed by atoms with E-state index in [1.54, 1.807) is 28.1 Å². The molecule has 0 aromatic carbocycles. The molecule has 0 radical (unpaired) electrons. The lowest BCUT2D eigenvalue weighted by Crippen LogP contribution is -2.47. The summed E-state index contributed by atoms with van der Waals surface area (Å²) in [4.78, 5) is 49.8. The van der Waals surface area contributed by atoms with E-state index in [2.05, 4.69) is 20.6 Å². The first-order valence-corrected chi connectivity index (χ1v) is 13.3. The molecule has 0 aliphatic carbocycles. The van der Waals surface area contributed by atoms with Crippen LogP contribution in [0.4, 0.5) is 10.5 Å². The van der Waals surface area contributed by atoms with Crippen LogP contribution in [0.15, 0.2) is 34.7 Å². The molecule has 1 aromatic rings. The van der Waals surface area contributed by atoms with E-state index in [1.165, 1.54) is 6.21 Å². The van der Waals surface area contributed by atoms with Gasteiger partial charge < -0.3 is 35.3 Å². The van der Waals surface area contributed by atoms with Crippen molar-refractivity contribution in [3.8, 4) is 5.88 Å². The third-order valence-corrected chi connectivity index (χ3v) is 6.20. The van der Waals surface area contributed by atoms with Crippen molar-refractivity contribution in [3.05, 3.63) is 41.0 Å². The summed E-state index contributed by atoms with van der Waals surface area (Å²) in [7, 11) is 0. The predicted molar refractivity (Wildman–Crippen MR) is 152 cm³/mol. The van der Waals surface area contributed by atoms with Crippen LogP contribution < -0.4 is 15.4 Å². The lowest BCUT2D eigenvalue weighted by molar-refractivity contribution is -0.121. The molecule has 3 rings (SSSR count). The van der Waals surface area contributed by atoms with Gasteiger partial charge in [-0.1, -0.05) is 0 Å². The van der Waals surface area contributed by atoms with Crippen LogP contribution in [0.3, 0.4) is 0 Å². The van der Waals surface area contributed by atoms with E-state index in [1.807, 2.05) is 41.5 Å². The number of carbonyl (C=O) groups excluding carboxylic acids is 3. The fourth-order valence-corrected chi connectivity index (χ4v) is 4.25. The molecule has 216 valence electrons. The molecule has 40 heavy (non-hydrogen) atoms. The number of aromatic nitrogens is 1. The smallest absolute Gasteiger partial charge is 0.410 e. The lowest BCUT2D eigenvalue weighted by Gasteiger charge is -2.37. The van der Waals surface area contributed by atoms with Crippen LogP contribution in [0.25, 0.3) is 0 Å². The predicted octanol–water partition coefficient (Wildman–Crippen LogP) is 3.52. The number of hydrogen-bond donors (Lipinski definition) is 3. The monoisotopic (exact) mass is 553 g/mol. The number of nitrogens with one attached hydrogen (secondary N) is 3. The third kappa shape index (κ3) is 8.14. The van der Waals surface area contributed by atoms with Gasteiger partial charge in [0.2, 0.25) is 12.3 Å². The molecule has 2 aliphatic rings. The number of allylic oxidation sites excluding steroid dienone is 1. The first-order valence-electron chi connectivity index (χ1n) is 13.3. The van der Waals surface area contributed by atoms with Crippen molar-refractivity contribution < 1.29 is 23.9 Å². The van der Waals surface area contributed by atoms with Gasteiger partial charge in [-0.15, -0.1) is 0 Å². The van der Waals surface area contributed by atoms with Gasteiger partial charge in [-0.05, 0) is 72.1 Å². The minimum absolute atomic E-state index is 0.0319. The van der Waals surface area contributed by atoms with Crippen LogP contribution >= 0.6 is 0 Å². The standard InChI is InChI=1S/C28H39N7O5/c1-18(2)39-26-23(33-25(37)22(15-29)24-30-10-7-11-31-24)14-20(19(3)32-26)16-35(17-36)21-8-12-34(13-9-21)27(38)40-28(4,5)6/h7,10-11,14-15,17-18,21,29-30H,8-9,12-13,16H2,1-6H3,(H,33,37)/b24-22-,29-15?. The fourth-order valence-electron chi connectivity index (χ4n) is 4.25. The number of rotatable bonds is 9. The highest BCUT2D eigenvalue weighted by atomic mass is 16.6. The number of pyridine rings is 1. The summed E-state index contributed by atoms with van der Waals surface area (Å²) < 4.78 is 11.3. The largest absolute Gasteiger partial charge is 0.473 e. The van der Waals surface area contributed by atoms with E-state index in [0.717, 1.165) is 18.2 Å². The van der Waals surface area contributed by atoms with Crippen LogP contribution in [-0.4, -0.2) is 76.5 Å². The number of carbonyl (C=O) groups is 3. The van der Waals surface area contributed by atoms with Crippen molar-refractivity contribution in [3.63, 3.8) is 0 Å². The number of ether oxygens (including phenoxy) is 2. The van der Waals surface area contributed by atoms with Crippen LogP contribution in [0.1, 0.15) is 58.7 Å². The molecule has 2 aliphatic heterocycles. The molecular formula is C28H39N7O5. The number of anilines is 1. The van der Waals surface area contributed by atoms with E-state index >= 15 is 0 Å². The van der Waals surface area contributed by atoms with Gasteiger partial charge >= 0.3 is 6.09 Å². The zero-order chi connectivity index (χ0) is 29.4. The summed E-state index contributed by atoms with van der Waals surface area (Å²) in [5.41, 5.74) is 1.17. The minimum atomic E-state index is -0.570. The Morgan fingerprint density at radius 3 is 2.55 bits per heavy atom. The number of aliphatic imine (C=N–C) groups is 1. The number of piperidine rings is 1. The third-order valence-electron chi connectivity index (χ3n) is 6.20. The second kappa shape index (κ2) is 13.2. The molecule has 0 bridgehead atoms. The zero-order valence-electron chi connectivity index (χ0n) is 24.0. The summed E-state index contributed by atoms with van der Waals surface area (Å²) in [6.07, 6.45) is 7.21. The maximum Gasteiger partial charge on any atom is 0.410 e. The number of nitrogens with zero attached hydrogens (tertiary/aromatic N) is 4. The van der Waals surface area contributed by atoms with Gasteiger partial charge in [0, 0.05) is 50.0 Å². The van der Waals surface area contributed by atoms with E-state index in [-0.39, 0.29) is 42.1 Å². The molecule has 1 fully saturated rings. The molecule has 3 amide bonds. The zero-order valence-corrected chi connectivity index (χ0v) is 24.0. The van der Waals surface area contributed by atoms with E-state index < -0.39 is 11.5 Å². The van der Waals surface area contributed by atoms with Crippen molar-refractivity contribution in [2.75, 3.05) is 18.4 Å². The maximum absolute atomic E-state index is 13.1. The van der Waals surface area contributed by atoms with Crippen molar-refractivity contribution in [1.29, 1.82) is 5.41 Å². The molecule has 0 saturated carbocycles. The van der Waals surface area contributed by atoms with E-state index in [9.17, 15) is 14.4 Å². The number of amides is 3. The fraction of sp³-hybridized carbons (Fsp3) is 0.500. The SMILES string of the molecule is Cc1nc(OC(C)C)c(NC(=O)/C(C=N)=C2\N=CC=CN2)cc1CN(C=O)C1CCN(C(=O)OC(C)(C)C)CC1. The van der Waals surface area contributed by atoms with Gasteiger partial charge in [0.1, 0.15) is 17.1 Å². The summed E-state index contributed by atoms with van der Waals surface area (Å²) in [6.45, 7) is 12.2. The van der Waals surface area contributed by atoms with Gasteiger partial charge in [-0.3, -0.25) is 9.59 Å². The van der Waals surface area contributed by atoms with Crippen LogP contribution in [0.2, 0.25) is 0 Å². The molecule has 3 heterocycles. The Bertz CT molecular complexity index is 1210. The Labute approximate surface area is 235 Å². The molecule has 12 heteroatoms. The second-order valence-corrected chi connectivity index (χ2v) is 10.9. The molecule has 0 atom stereocenters. The average Bonchev–Trinajstić information content (AvgIpc) is 2.89. The summed E-state index contributed by atoms with van der Waals surface area (Å²) in [6, 6.07) is 1.67. The molecule has 3 N–H and O–H groups in total. The lowest BCUT2D eigenvalue weighted by atomic mass is 10.0. The molecule has 1 aromatic heterocycles. The summed E-state index contributed by atoms with van der Waals surface area (Å²) >= 11 is 0. The van der Waals surface area contributed by atoms with Gasteiger partial charge in [0.25, 0.3) is 5.91 Å². The molecular weight excluding hydrogens is 514 g/mol. The molecule has 0 unspecified atom stereocenters. The van der Waals surface area contributed by atoms with Crippen LogP contribution in [0, 0.1) is 12.3 Å². The van der Waals surface area contributed by atoms with Gasteiger partial charge in [-0.2, -0.15) is 0 Å². The Balaban J connectivity index is 1.79. The quantitative estimate of drug-likeness (QED) is 0.241. The number of likely N-dealkylation sites (tertiary alicyclic amines) is 1. The molecule has 12 nitrogen and oxygen atoms in total. The van der Waals surface area contributed by atoms with Crippen molar-refractivity contribution in [2.45, 2.75) is 78.7 Å². The summed E-state index contributed by atoms with van der Waals surface area (Å²) in [5, 5.41) is 13.4. The normalized spacial score (nSPS) is 16.7. The van der Waals surface area contributed by atoms with Gasteiger partial charge in [0.05, 0.1) is 11.7 Å². The highest BCUT2D eigenvalue weighted by molar-refractivity contribution is 6.18. The van der Waals surface area contributed by atoms with E-state index in [0.29, 0.717) is 37.3 Å². The maximum atomic E-state index is 13.1. The highest BCUT2D eigenvalue weighted by Crippen LogP contribution is 2.29. The minimum Gasteiger partial charge on any atom is -0.473 e. The first kappa shape index (κ1) is 30.3. The van der Waals surface area contributed by atoms with Gasteiger partial charge in [-0.25, -0.2) is 14.8 Å². The molecule has 0 spiro atoms. The Morgan fingerprint density at radius 1 is 1.30 bits per heavy atom. The van der Waals surface area contributed by atoms with E-state index in [4.69, 9.17) is 14.9 Å². The Morgan fingerprint density at radius 2 is 2.00 bits per heavy atom. The van der Waals surface area contributed by atoms with Gasteiger partial charge in [0.15, 0.2) is 0 Å².